The largest absolute Gasteiger partial charge is 0.337 e. The number of amides is 1. The highest BCUT2D eigenvalue weighted by Crippen LogP contribution is 2.26. The number of aromatic amines is 1. The predicted octanol–water partition coefficient (Wildman–Crippen LogP) is 2.59. The average Bonchev–Trinajstić information content (AvgIpc) is 3.18. The number of hydrogen-bond donors (Lipinski definition) is 1. The van der Waals surface area contributed by atoms with Crippen molar-refractivity contribution in [3.8, 4) is 11.3 Å². The van der Waals surface area contributed by atoms with E-state index >= 15 is 0 Å². The third kappa shape index (κ3) is 3.33. The number of aromatic nitrogens is 5. The van der Waals surface area contributed by atoms with Gasteiger partial charge in [-0.25, -0.2) is 9.97 Å². The maximum absolute atomic E-state index is 12.9. The fraction of sp³-hybridized carbons (Fsp3) is 0.316. The van der Waals surface area contributed by atoms with Crippen molar-refractivity contribution >= 4 is 5.91 Å². The van der Waals surface area contributed by atoms with E-state index in [9.17, 15) is 4.79 Å². The van der Waals surface area contributed by atoms with E-state index in [0.29, 0.717) is 12.2 Å². The highest BCUT2D eigenvalue weighted by Gasteiger charge is 2.27. The summed E-state index contributed by atoms with van der Waals surface area (Å²) in [6, 6.07) is 7.51. The highest BCUT2D eigenvalue weighted by molar-refractivity contribution is 5.93. The molecule has 0 bridgehead atoms. The zero-order valence-electron chi connectivity index (χ0n) is 14.6. The van der Waals surface area contributed by atoms with Crippen molar-refractivity contribution in [1.82, 2.24) is 30.0 Å². The van der Waals surface area contributed by atoms with E-state index in [-0.39, 0.29) is 11.8 Å². The number of likely N-dealkylation sites (tertiary alicyclic amines) is 1. The molecule has 3 aromatic rings. The van der Waals surface area contributed by atoms with E-state index in [2.05, 4.69) is 25.1 Å². The van der Waals surface area contributed by atoms with Gasteiger partial charge in [0.2, 0.25) is 0 Å². The first-order valence-electron chi connectivity index (χ1n) is 8.75. The van der Waals surface area contributed by atoms with E-state index in [4.69, 9.17) is 0 Å². The minimum absolute atomic E-state index is 0.0249. The molecule has 0 aliphatic carbocycles. The van der Waals surface area contributed by atoms with Crippen LogP contribution in [0.25, 0.3) is 11.3 Å². The molecule has 0 saturated carbocycles. The van der Waals surface area contributed by atoms with Gasteiger partial charge < -0.3 is 4.90 Å². The van der Waals surface area contributed by atoms with Gasteiger partial charge >= 0.3 is 0 Å². The van der Waals surface area contributed by atoms with Gasteiger partial charge in [0.05, 0.1) is 5.69 Å². The molecule has 4 heterocycles. The van der Waals surface area contributed by atoms with Crippen LogP contribution < -0.4 is 0 Å². The van der Waals surface area contributed by atoms with Gasteiger partial charge in [-0.15, -0.1) is 0 Å². The molecule has 3 aromatic heterocycles. The molecule has 4 rings (SSSR count). The molecule has 26 heavy (non-hydrogen) atoms. The van der Waals surface area contributed by atoms with Crippen molar-refractivity contribution in [2.45, 2.75) is 25.7 Å². The number of pyridine rings is 1. The minimum Gasteiger partial charge on any atom is -0.337 e. The summed E-state index contributed by atoms with van der Waals surface area (Å²) in [6.07, 6.45) is 7.23. The Morgan fingerprint density at radius 1 is 1.31 bits per heavy atom. The van der Waals surface area contributed by atoms with Gasteiger partial charge in [0.25, 0.3) is 5.91 Å². The third-order valence-electron chi connectivity index (χ3n) is 4.69. The van der Waals surface area contributed by atoms with Crippen molar-refractivity contribution in [1.29, 1.82) is 0 Å². The van der Waals surface area contributed by atoms with Gasteiger partial charge in [0.1, 0.15) is 11.5 Å². The Kier molecular flexibility index (Phi) is 4.43. The lowest BCUT2D eigenvalue weighted by Crippen LogP contribution is -2.39. The molecule has 1 aliphatic heterocycles. The van der Waals surface area contributed by atoms with Crippen LogP contribution in [0.3, 0.4) is 0 Å². The van der Waals surface area contributed by atoms with E-state index in [1.54, 1.807) is 24.7 Å². The van der Waals surface area contributed by atoms with Crippen molar-refractivity contribution in [2.24, 2.45) is 0 Å². The molecule has 1 aliphatic rings. The summed E-state index contributed by atoms with van der Waals surface area (Å²) in [5.74, 6) is 0.985. The van der Waals surface area contributed by atoms with Gasteiger partial charge in [-0.1, -0.05) is 0 Å². The molecule has 132 valence electrons. The second kappa shape index (κ2) is 7.03. The minimum atomic E-state index is -0.0249. The van der Waals surface area contributed by atoms with Crippen LogP contribution in [0.5, 0.6) is 0 Å². The number of carbonyl (C=O) groups excluding carboxylic acids is 1. The first-order chi connectivity index (χ1) is 12.7. The lowest BCUT2D eigenvalue weighted by Gasteiger charge is -2.32. The smallest absolute Gasteiger partial charge is 0.271 e. The van der Waals surface area contributed by atoms with E-state index < -0.39 is 0 Å². The quantitative estimate of drug-likeness (QED) is 0.786. The Labute approximate surface area is 151 Å². The SMILES string of the molecule is Cc1nccc(C2CCCN(C(=O)c3cc(-c4cccnc4)n[nH]3)C2)n1. The Hall–Kier alpha value is -3.09. The molecular weight excluding hydrogens is 328 g/mol. The number of nitrogens with zero attached hydrogens (tertiary/aromatic N) is 5. The van der Waals surface area contributed by atoms with Crippen LogP contribution in [0, 0.1) is 6.92 Å². The van der Waals surface area contributed by atoms with Crippen molar-refractivity contribution in [2.75, 3.05) is 13.1 Å². The van der Waals surface area contributed by atoms with Crippen molar-refractivity contribution < 1.29 is 4.79 Å². The summed E-state index contributed by atoms with van der Waals surface area (Å²) in [7, 11) is 0. The van der Waals surface area contributed by atoms with Gasteiger partial charge in [-0.3, -0.25) is 14.9 Å². The number of nitrogens with one attached hydrogen (secondary N) is 1. The number of aryl methyl sites for hydroxylation is 1. The summed E-state index contributed by atoms with van der Waals surface area (Å²) in [5, 5.41) is 7.13. The van der Waals surface area contributed by atoms with E-state index in [1.165, 1.54) is 0 Å². The number of piperidine rings is 1. The molecule has 0 spiro atoms. The lowest BCUT2D eigenvalue weighted by atomic mass is 9.94. The van der Waals surface area contributed by atoms with E-state index in [1.807, 2.05) is 30.0 Å². The predicted molar refractivity (Wildman–Crippen MR) is 96.5 cm³/mol. The van der Waals surface area contributed by atoms with Gasteiger partial charge in [-0.2, -0.15) is 5.10 Å². The zero-order chi connectivity index (χ0) is 17.9. The van der Waals surface area contributed by atoms with Crippen molar-refractivity contribution in [3.63, 3.8) is 0 Å². The monoisotopic (exact) mass is 348 g/mol. The summed E-state index contributed by atoms with van der Waals surface area (Å²) in [5.41, 5.74) is 3.12. The molecule has 0 radical (unpaired) electrons. The first-order valence-corrected chi connectivity index (χ1v) is 8.75. The van der Waals surface area contributed by atoms with Crippen molar-refractivity contribution in [3.05, 3.63) is 60.1 Å². The summed E-state index contributed by atoms with van der Waals surface area (Å²) in [4.78, 5) is 27.6. The first kappa shape index (κ1) is 16.4. The zero-order valence-corrected chi connectivity index (χ0v) is 14.6. The molecule has 1 atom stereocenters. The molecule has 1 unspecified atom stereocenters. The highest BCUT2D eigenvalue weighted by atomic mass is 16.2. The van der Waals surface area contributed by atoms with Crippen LogP contribution in [0.2, 0.25) is 0 Å². The molecular formula is C19H20N6O. The van der Waals surface area contributed by atoms with Crippen LogP contribution in [0.1, 0.15) is 40.8 Å². The number of rotatable bonds is 3. The van der Waals surface area contributed by atoms with E-state index in [0.717, 1.165) is 42.2 Å². The maximum atomic E-state index is 12.9. The standard InChI is InChI=1S/C19H20N6O/c1-13-21-8-6-16(22-13)15-5-3-9-25(12-15)19(26)18-10-17(23-24-18)14-4-2-7-20-11-14/h2,4,6-8,10-11,15H,3,5,9,12H2,1H3,(H,23,24). The molecule has 1 fully saturated rings. The van der Waals surface area contributed by atoms with Crippen LogP contribution >= 0.6 is 0 Å². The molecule has 0 aromatic carbocycles. The van der Waals surface area contributed by atoms with Gasteiger partial charge in [0, 0.05) is 48.9 Å². The van der Waals surface area contributed by atoms with Gasteiger partial charge in [-0.05, 0) is 44.0 Å². The molecule has 1 saturated heterocycles. The van der Waals surface area contributed by atoms with Crippen LogP contribution in [0.15, 0.2) is 42.9 Å². The lowest BCUT2D eigenvalue weighted by molar-refractivity contribution is 0.0700. The van der Waals surface area contributed by atoms with Gasteiger partial charge in [0.15, 0.2) is 0 Å². The Balaban J connectivity index is 1.50. The second-order valence-electron chi connectivity index (χ2n) is 6.53. The Bertz CT molecular complexity index is 907. The van der Waals surface area contributed by atoms with Crippen LogP contribution in [0.4, 0.5) is 0 Å². The summed E-state index contributed by atoms with van der Waals surface area (Å²) < 4.78 is 0. The molecule has 7 nitrogen and oxygen atoms in total. The average molecular weight is 348 g/mol. The molecule has 7 heteroatoms. The third-order valence-corrected chi connectivity index (χ3v) is 4.69. The number of hydrogen-bond acceptors (Lipinski definition) is 5. The number of H-pyrrole nitrogens is 1. The van der Waals surface area contributed by atoms with Crippen LogP contribution in [-0.4, -0.2) is 49.0 Å². The molecule has 1 amide bonds. The second-order valence-corrected chi connectivity index (χ2v) is 6.53. The topological polar surface area (TPSA) is 87.7 Å². The maximum Gasteiger partial charge on any atom is 0.271 e. The normalized spacial score (nSPS) is 17.3. The fourth-order valence-corrected chi connectivity index (χ4v) is 3.37. The van der Waals surface area contributed by atoms with Crippen LogP contribution in [-0.2, 0) is 0 Å². The summed E-state index contributed by atoms with van der Waals surface area (Å²) >= 11 is 0. The Morgan fingerprint density at radius 3 is 3.04 bits per heavy atom. The molecule has 1 N–H and O–H groups in total. The fourth-order valence-electron chi connectivity index (χ4n) is 3.37. The summed E-state index contributed by atoms with van der Waals surface area (Å²) in [6.45, 7) is 3.30. The Morgan fingerprint density at radius 2 is 2.23 bits per heavy atom. The number of carbonyl (C=O) groups is 1.